The smallest absolute Gasteiger partial charge is 0.417 e. The molecule has 0 bridgehead atoms. The summed E-state index contributed by atoms with van der Waals surface area (Å²) in [5, 5.41) is 10.8. The third-order valence-electron chi connectivity index (χ3n) is 5.19. The molecule has 1 aliphatic heterocycles. The van der Waals surface area contributed by atoms with Crippen molar-refractivity contribution in [1.29, 1.82) is 0 Å². The van der Waals surface area contributed by atoms with Crippen LogP contribution in [0.5, 0.6) is 11.5 Å². The van der Waals surface area contributed by atoms with Crippen molar-refractivity contribution in [1.82, 2.24) is 4.90 Å². The SMILES string of the molecule is COc1cc([C@H](O)[C@H](I)C(=O)N2C(=O)OC[C@@H]2C(C)C)ccc1OCc1ccccc1. The van der Waals surface area contributed by atoms with Crippen LogP contribution in [-0.4, -0.2) is 45.7 Å². The first kappa shape index (κ1) is 23.3. The lowest BCUT2D eigenvalue weighted by molar-refractivity contribution is -0.130. The van der Waals surface area contributed by atoms with Gasteiger partial charge in [-0.2, -0.15) is 0 Å². The van der Waals surface area contributed by atoms with Crippen LogP contribution in [0.25, 0.3) is 0 Å². The average molecular weight is 539 g/mol. The fourth-order valence-corrected chi connectivity index (χ4v) is 4.06. The summed E-state index contributed by atoms with van der Waals surface area (Å²) in [6.07, 6.45) is -1.80. The molecule has 31 heavy (non-hydrogen) atoms. The van der Waals surface area contributed by atoms with Crippen LogP contribution in [-0.2, 0) is 16.1 Å². The molecule has 1 fully saturated rings. The number of hydrogen-bond acceptors (Lipinski definition) is 6. The van der Waals surface area contributed by atoms with Crippen LogP contribution in [0, 0.1) is 5.92 Å². The maximum atomic E-state index is 13.0. The number of carbonyl (C=O) groups is 2. The summed E-state index contributed by atoms with van der Waals surface area (Å²) < 4.78 is 15.5. The number of methoxy groups -OCH3 is 1. The van der Waals surface area contributed by atoms with Gasteiger partial charge in [-0.05, 0) is 29.2 Å². The van der Waals surface area contributed by atoms with Gasteiger partial charge in [0.2, 0.25) is 5.91 Å². The molecule has 2 aromatic rings. The van der Waals surface area contributed by atoms with Crippen LogP contribution in [0.3, 0.4) is 0 Å². The minimum Gasteiger partial charge on any atom is -0.493 e. The minimum atomic E-state index is -1.13. The predicted octanol–water partition coefficient (Wildman–Crippen LogP) is 4.11. The molecular weight excluding hydrogens is 513 g/mol. The van der Waals surface area contributed by atoms with Crippen LogP contribution in [0.2, 0.25) is 0 Å². The van der Waals surface area contributed by atoms with Gasteiger partial charge in [0.25, 0.3) is 0 Å². The van der Waals surface area contributed by atoms with Gasteiger partial charge in [-0.25, -0.2) is 9.69 Å². The fourth-order valence-electron chi connectivity index (χ4n) is 3.34. The number of nitrogens with zero attached hydrogens (tertiary/aromatic N) is 1. The second-order valence-corrected chi connectivity index (χ2v) is 8.97. The van der Waals surface area contributed by atoms with Gasteiger partial charge >= 0.3 is 6.09 Å². The number of alkyl halides is 1. The maximum Gasteiger partial charge on any atom is 0.417 e. The van der Waals surface area contributed by atoms with Gasteiger partial charge in [0.05, 0.1) is 19.3 Å². The van der Waals surface area contributed by atoms with Crippen LogP contribution in [0.15, 0.2) is 48.5 Å². The summed E-state index contributed by atoms with van der Waals surface area (Å²) in [5.41, 5.74) is 1.51. The molecule has 2 aromatic carbocycles. The molecule has 0 unspecified atom stereocenters. The molecule has 1 saturated heterocycles. The summed E-state index contributed by atoms with van der Waals surface area (Å²) >= 11 is 1.87. The number of imide groups is 1. The predicted molar refractivity (Wildman–Crippen MR) is 123 cm³/mol. The summed E-state index contributed by atoms with van der Waals surface area (Å²) in [4.78, 5) is 26.2. The first-order valence-corrected chi connectivity index (χ1v) is 11.2. The van der Waals surface area contributed by atoms with Crippen molar-refractivity contribution in [3.8, 4) is 11.5 Å². The van der Waals surface area contributed by atoms with Crippen LogP contribution < -0.4 is 9.47 Å². The van der Waals surface area contributed by atoms with E-state index < -0.39 is 22.0 Å². The van der Waals surface area contributed by atoms with Crippen molar-refractivity contribution in [2.45, 2.75) is 36.5 Å². The van der Waals surface area contributed by atoms with Crippen molar-refractivity contribution < 1.29 is 28.9 Å². The molecule has 7 nitrogen and oxygen atoms in total. The Morgan fingerprint density at radius 3 is 2.58 bits per heavy atom. The highest BCUT2D eigenvalue weighted by Gasteiger charge is 2.43. The van der Waals surface area contributed by atoms with Crippen LogP contribution in [0.1, 0.15) is 31.1 Å². The molecule has 1 aliphatic rings. The summed E-state index contributed by atoms with van der Waals surface area (Å²) in [6, 6.07) is 14.4. The van der Waals surface area contributed by atoms with Gasteiger partial charge in [-0.15, -0.1) is 0 Å². The van der Waals surface area contributed by atoms with Gasteiger partial charge in [-0.3, -0.25) is 4.79 Å². The van der Waals surface area contributed by atoms with Crippen molar-refractivity contribution in [3.63, 3.8) is 0 Å². The number of hydrogen-bond donors (Lipinski definition) is 1. The lowest BCUT2D eigenvalue weighted by atomic mass is 10.0. The van der Waals surface area contributed by atoms with Gasteiger partial charge in [0, 0.05) is 0 Å². The van der Waals surface area contributed by atoms with E-state index in [9.17, 15) is 14.7 Å². The topological polar surface area (TPSA) is 85.3 Å². The van der Waals surface area contributed by atoms with Gasteiger partial charge in [-0.1, -0.05) is 72.8 Å². The molecule has 2 amide bonds. The first-order chi connectivity index (χ1) is 14.8. The maximum absolute atomic E-state index is 13.0. The van der Waals surface area contributed by atoms with E-state index in [1.807, 2.05) is 66.8 Å². The number of ether oxygens (including phenoxy) is 3. The van der Waals surface area contributed by atoms with Crippen molar-refractivity contribution >= 4 is 34.6 Å². The molecule has 1 heterocycles. The average Bonchev–Trinajstić information content (AvgIpc) is 3.18. The molecule has 8 heteroatoms. The summed E-state index contributed by atoms with van der Waals surface area (Å²) in [6.45, 7) is 4.39. The Morgan fingerprint density at radius 2 is 1.94 bits per heavy atom. The second kappa shape index (κ2) is 10.3. The molecule has 0 saturated carbocycles. The number of benzene rings is 2. The molecule has 3 rings (SSSR count). The lowest BCUT2D eigenvalue weighted by Gasteiger charge is -2.26. The first-order valence-electron chi connectivity index (χ1n) is 10.00. The number of aliphatic hydroxyl groups excluding tert-OH is 1. The van der Waals surface area contributed by atoms with Gasteiger partial charge in [0.1, 0.15) is 17.1 Å². The molecule has 0 aliphatic carbocycles. The van der Waals surface area contributed by atoms with E-state index >= 15 is 0 Å². The standard InChI is InChI=1S/C23H26INO6/c1-14(2)17-13-31-23(28)25(17)22(27)20(24)21(26)16-9-10-18(19(11-16)29-3)30-12-15-7-5-4-6-8-15/h4-11,14,17,20-21,26H,12-13H2,1-3H3/t17-,20+,21+/m1/s1. The van der Waals surface area contributed by atoms with E-state index in [2.05, 4.69) is 0 Å². The zero-order valence-electron chi connectivity index (χ0n) is 17.7. The monoisotopic (exact) mass is 539 g/mol. The van der Waals surface area contributed by atoms with Crippen molar-refractivity contribution in [2.24, 2.45) is 5.92 Å². The molecule has 0 spiro atoms. The van der Waals surface area contributed by atoms with E-state index in [1.54, 1.807) is 18.2 Å². The van der Waals surface area contributed by atoms with Crippen LogP contribution in [0.4, 0.5) is 4.79 Å². The van der Waals surface area contributed by atoms with E-state index in [1.165, 1.54) is 7.11 Å². The molecule has 1 N–H and O–H groups in total. The Kier molecular flexibility index (Phi) is 7.77. The Labute approximate surface area is 195 Å². The highest BCUT2D eigenvalue weighted by atomic mass is 127. The zero-order chi connectivity index (χ0) is 22.5. The minimum absolute atomic E-state index is 0.0530. The highest BCUT2D eigenvalue weighted by molar-refractivity contribution is 14.1. The Balaban J connectivity index is 1.73. The number of amides is 2. The lowest BCUT2D eigenvalue weighted by Crippen LogP contribution is -2.46. The third-order valence-corrected chi connectivity index (χ3v) is 6.41. The number of cyclic esters (lactones) is 1. The van der Waals surface area contributed by atoms with Crippen molar-refractivity contribution in [3.05, 3.63) is 59.7 Å². The Bertz CT molecular complexity index is 920. The molecule has 0 radical (unpaired) electrons. The number of aliphatic hydroxyl groups is 1. The van der Waals surface area contributed by atoms with Crippen molar-refractivity contribution in [2.75, 3.05) is 13.7 Å². The number of rotatable bonds is 8. The summed E-state index contributed by atoms with van der Waals surface area (Å²) in [7, 11) is 1.51. The van der Waals surface area contributed by atoms with Gasteiger partial charge < -0.3 is 19.3 Å². The molecular formula is C23H26INO6. The quantitative estimate of drug-likeness (QED) is 0.402. The van der Waals surface area contributed by atoms with Gasteiger partial charge in [0.15, 0.2) is 11.5 Å². The second-order valence-electron chi connectivity index (χ2n) is 7.63. The summed E-state index contributed by atoms with van der Waals surface area (Å²) in [5.74, 6) is 0.556. The van der Waals surface area contributed by atoms with E-state index in [0.29, 0.717) is 23.7 Å². The highest BCUT2D eigenvalue weighted by Crippen LogP contribution is 2.34. The molecule has 3 atom stereocenters. The van der Waals surface area contributed by atoms with Crippen LogP contribution >= 0.6 is 22.6 Å². The van der Waals surface area contributed by atoms with E-state index in [0.717, 1.165) is 10.5 Å². The normalized spacial score (nSPS) is 17.9. The molecule has 0 aromatic heterocycles. The Hall–Kier alpha value is -2.33. The van der Waals surface area contributed by atoms with E-state index in [4.69, 9.17) is 14.2 Å². The molecule has 166 valence electrons. The largest absolute Gasteiger partial charge is 0.493 e. The third kappa shape index (κ3) is 5.30. The Morgan fingerprint density at radius 1 is 1.23 bits per heavy atom. The fraction of sp³-hybridized carbons (Fsp3) is 0.391. The van der Waals surface area contributed by atoms with E-state index in [-0.39, 0.29) is 18.6 Å². The number of carbonyl (C=O) groups excluding carboxylic acids is 2. The number of halogens is 1. The zero-order valence-corrected chi connectivity index (χ0v) is 19.8.